The molecule has 2 aromatic carbocycles. The molecular weight excluding hydrogens is 392 g/mol. The van der Waals surface area contributed by atoms with Gasteiger partial charge in [-0.3, -0.25) is 10.6 Å². The molecule has 168 valence electrons. The van der Waals surface area contributed by atoms with E-state index in [-0.39, 0.29) is 0 Å². The summed E-state index contributed by atoms with van der Waals surface area (Å²) >= 11 is 0. The van der Waals surface area contributed by atoms with Crippen LogP contribution in [0.5, 0.6) is 0 Å². The van der Waals surface area contributed by atoms with E-state index in [2.05, 4.69) is 36.6 Å². The Bertz CT molecular complexity index is 822. The first-order valence-electron chi connectivity index (χ1n) is 11.0. The van der Waals surface area contributed by atoms with E-state index in [1.54, 1.807) is 12.1 Å². The molecule has 6 nitrogen and oxygen atoms in total. The summed E-state index contributed by atoms with van der Waals surface area (Å²) in [5, 5.41) is 5.44. The average molecular weight is 427 g/mol. The van der Waals surface area contributed by atoms with Crippen LogP contribution in [0.4, 0.5) is 21.0 Å². The largest absolute Gasteiger partial charge is 0.449 e. The monoisotopic (exact) mass is 426 g/mol. The van der Waals surface area contributed by atoms with E-state index in [1.165, 1.54) is 5.56 Å². The highest BCUT2D eigenvalue weighted by molar-refractivity contribution is 5.89. The van der Waals surface area contributed by atoms with E-state index in [0.29, 0.717) is 30.5 Å². The van der Waals surface area contributed by atoms with Crippen LogP contribution in [-0.2, 0) is 15.9 Å². The molecule has 0 unspecified atom stereocenters. The van der Waals surface area contributed by atoms with Crippen LogP contribution >= 0.6 is 0 Å². The third-order valence-corrected chi connectivity index (χ3v) is 4.82. The minimum Gasteiger partial charge on any atom is -0.449 e. The zero-order valence-electron chi connectivity index (χ0n) is 18.8. The molecule has 0 atom stereocenters. The van der Waals surface area contributed by atoms with Crippen molar-refractivity contribution in [1.82, 2.24) is 0 Å². The van der Waals surface area contributed by atoms with Gasteiger partial charge in [0.05, 0.1) is 13.2 Å². The summed E-state index contributed by atoms with van der Waals surface area (Å²) in [6, 6.07) is 15.4. The second-order valence-corrected chi connectivity index (χ2v) is 8.03. The summed E-state index contributed by atoms with van der Waals surface area (Å²) in [5.74, 6) is 0.655. The highest BCUT2D eigenvalue weighted by Crippen LogP contribution is 2.21. The highest BCUT2D eigenvalue weighted by Gasteiger charge is 2.09. The van der Waals surface area contributed by atoms with Gasteiger partial charge < -0.3 is 9.47 Å². The lowest BCUT2D eigenvalue weighted by atomic mass is 10.1. The Hall–Kier alpha value is -3.02. The van der Waals surface area contributed by atoms with Gasteiger partial charge in [-0.2, -0.15) is 0 Å². The molecule has 0 saturated carbocycles. The van der Waals surface area contributed by atoms with Crippen LogP contribution < -0.4 is 10.6 Å². The summed E-state index contributed by atoms with van der Waals surface area (Å²) in [7, 11) is 0. The Kier molecular flexibility index (Phi) is 10.4. The average Bonchev–Trinajstić information content (AvgIpc) is 2.74. The van der Waals surface area contributed by atoms with Crippen molar-refractivity contribution in [1.29, 1.82) is 0 Å². The summed E-state index contributed by atoms with van der Waals surface area (Å²) in [6.07, 6.45) is 3.61. The van der Waals surface area contributed by atoms with Crippen LogP contribution in [0.2, 0.25) is 0 Å². The maximum absolute atomic E-state index is 12.1. The Morgan fingerprint density at radius 3 is 2.26 bits per heavy atom. The molecule has 0 fully saturated rings. The highest BCUT2D eigenvalue weighted by atomic mass is 16.6. The van der Waals surface area contributed by atoms with E-state index >= 15 is 0 Å². The van der Waals surface area contributed by atoms with Gasteiger partial charge in [0.2, 0.25) is 0 Å². The van der Waals surface area contributed by atoms with Crippen LogP contribution in [0.25, 0.3) is 0 Å². The molecule has 0 spiro atoms. The molecular formula is C25H34N2O4. The molecule has 2 rings (SSSR count). The van der Waals surface area contributed by atoms with Crippen molar-refractivity contribution in [3.8, 4) is 0 Å². The van der Waals surface area contributed by atoms with Crippen LogP contribution in [0.3, 0.4) is 0 Å². The van der Waals surface area contributed by atoms with Gasteiger partial charge in [0.15, 0.2) is 0 Å². The molecule has 2 aromatic rings. The lowest BCUT2D eigenvalue weighted by molar-refractivity contribution is 0.158. The molecule has 31 heavy (non-hydrogen) atoms. The Balaban J connectivity index is 1.73. The lowest BCUT2D eigenvalue weighted by Crippen LogP contribution is -2.17. The van der Waals surface area contributed by atoms with Gasteiger partial charge in [0.25, 0.3) is 0 Å². The fourth-order valence-corrected chi connectivity index (χ4v) is 3.04. The smallest absolute Gasteiger partial charge is 0.411 e. The number of hydrogen-bond donors (Lipinski definition) is 2. The van der Waals surface area contributed by atoms with Gasteiger partial charge in [-0.15, -0.1) is 0 Å². The Labute approximate surface area is 185 Å². The zero-order chi connectivity index (χ0) is 22.5. The van der Waals surface area contributed by atoms with Gasteiger partial charge in [-0.05, 0) is 61.8 Å². The van der Waals surface area contributed by atoms with Gasteiger partial charge in [-0.25, -0.2) is 9.59 Å². The van der Waals surface area contributed by atoms with Crippen LogP contribution in [-0.4, -0.2) is 25.4 Å². The third-order valence-electron chi connectivity index (χ3n) is 4.82. The molecule has 2 amide bonds. The fraction of sp³-hybridized carbons (Fsp3) is 0.440. The number of anilines is 2. The minimum atomic E-state index is -0.513. The topological polar surface area (TPSA) is 76.7 Å². The maximum atomic E-state index is 12.1. The summed E-state index contributed by atoms with van der Waals surface area (Å²) < 4.78 is 10.5. The van der Waals surface area contributed by atoms with E-state index < -0.39 is 12.2 Å². The number of unbranched alkanes of at least 4 members (excludes halogenated alkanes) is 1. The number of nitrogens with one attached hydrogen (secondary N) is 2. The number of hydrogen-bond acceptors (Lipinski definition) is 4. The molecule has 0 aliphatic heterocycles. The molecule has 0 aliphatic rings. The summed E-state index contributed by atoms with van der Waals surface area (Å²) in [5.41, 5.74) is 3.22. The second-order valence-electron chi connectivity index (χ2n) is 8.03. The van der Waals surface area contributed by atoms with E-state index in [0.717, 1.165) is 37.7 Å². The lowest BCUT2D eigenvalue weighted by Gasteiger charge is -2.12. The molecule has 2 N–H and O–H groups in total. The predicted molar refractivity (Wildman–Crippen MR) is 125 cm³/mol. The van der Waals surface area contributed by atoms with Crippen molar-refractivity contribution < 1.29 is 19.1 Å². The van der Waals surface area contributed by atoms with Crippen LogP contribution in [0, 0.1) is 12.8 Å². The molecule has 6 heteroatoms. The van der Waals surface area contributed by atoms with E-state index in [9.17, 15) is 9.59 Å². The van der Waals surface area contributed by atoms with Crippen molar-refractivity contribution in [2.45, 2.75) is 52.9 Å². The molecule has 0 radical (unpaired) electrons. The van der Waals surface area contributed by atoms with Crippen LogP contribution in [0.1, 0.15) is 50.7 Å². The Morgan fingerprint density at radius 2 is 1.55 bits per heavy atom. The number of benzene rings is 2. The van der Waals surface area contributed by atoms with Crippen molar-refractivity contribution in [2.75, 3.05) is 23.8 Å². The number of rotatable bonds is 11. The van der Waals surface area contributed by atoms with Crippen molar-refractivity contribution in [3.05, 3.63) is 59.7 Å². The number of carbonyl (C=O) groups excluding carboxylic acids is 2. The van der Waals surface area contributed by atoms with E-state index in [4.69, 9.17) is 9.47 Å². The normalized spacial score (nSPS) is 10.6. The standard InChI is InChI=1S/C25H34N2O4/c1-19(2)10-7-8-16-30-24(28)26-22-15-14-20(3)23(18-22)27-25(29)31-17-9-13-21-11-5-4-6-12-21/h4-6,11-12,14-15,18-19H,7-10,13,16-17H2,1-3H3,(H,26,28)(H,27,29). The first-order chi connectivity index (χ1) is 14.9. The van der Waals surface area contributed by atoms with Gasteiger partial charge in [-0.1, -0.05) is 56.7 Å². The van der Waals surface area contributed by atoms with Gasteiger partial charge in [0, 0.05) is 11.4 Å². The van der Waals surface area contributed by atoms with E-state index in [1.807, 2.05) is 31.2 Å². The number of amides is 2. The zero-order valence-corrected chi connectivity index (χ0v) is 18.8. The summed E-state index contributed by atoms with van der Waals surface area (Å²) in [4.78, 5) is 24.1. The number of aryl methyl sites for hydroxylation is 2. The second kappa shape index (κ2) is 13.3. The fourth-order valence-electron chi connectivity index (χ4n) is 3.04. The molecule has 0 heterocycles. The molecule has 0 saturated heterocycles. The minimum absolute atomic E-state index is 0.334. The predicted octanol–water partition coefficient (Wildman–Crippen LogP) is 6.55. The maximum Gasteiger partial charge on any atom is 0.411 e. The molecule has 0 aliphatic carbocycles. The first-order valence-corrected chi connectivity index (χ1v) is 11.0. The molecule has 0 aromatic heterocycles. The quantitative estimate of drug-likeness (QED) is 0.399. The van der Waals surface area contributed by atoms with Gasteiger partial charge in [0.1, 0.15) is 0 Å². The first kappa shape index (κ1) is 24.3. The number of carbonyl (C=O) groups is 2. The van der Waals surface area contributed by atoms with Crippen molar-refractivity contribution >= 4 is 23.6 Å². The van der Waals surface area contributed by atoms with Gasteiger partial charge >= 0.3 is 12.2 Å². The number of ether oxygens (including phenoxy) is 2. The molecule has 0 bridgehead atoms. The summed E-state index contributed by atoms with van der Waals surface area (Å²) in [6.45, 7) is 6.96. The van der Waals surface area contributed by atoms with Crippen molar-refractivity contribution in [2.24, 2.45) is 5.92 Å². The van der Waals surface area contributed by atoms with Crippen LogP contribution in [0.15, 0.2) is 48.5 Å². The SMILES string of the molecule is Cc1ccc(NC(=O)OCCCCC(C)C)cc1NC(=O)OCCCc1ccccc1. The van der Waals surface area contributed by atoms with Crippen molar-refractivity contribution in [3.63, 3.8) is 0 Å². The Morgan fingerprint density at radius 1 is 0.871 bits per heavy atom. The third kappa shape index (κ3) is 10.0.